The van der Waals surface area contributed by atoms with E-state index in [1.165, 1.54) is 6.92 Å². The molecule has 0 unspecified atom stereocenters. The zero-order valence-electron chi connectivity index (χ0n) is 11.9. The quantitative estimate of drug-likeness (QED) is 0.859. The first kappa shape index (κ1) is 14.0. The van der Waals surface area contributed by atoms with E-state index in [0.717, 1.165) is 27.9 Å². The van der Waals surface area contributed by atoms with E-state index in [1.54, 1.807) is 6.92 Å². The van der Waals surface area contributed by atoms with E-state index in [9.17, 15) is 9.59 Å². The van der Waals surface area contributed by atoms with Gasteiger partial charge in [0, 0.05) is 18.2 Å². The van der Waals surface area contributed by atoms with Crippen LogP contribution in [0, 0.1) is 6.92 Å². The Morgan fingerprint density at radius 3 is 2.00 bits per heavy atom. The van der Waals surface area contributed by atoms with Gasteiger partial charge in [0.15, 0.2) is 5.78 Å². The Kier molecular flexibility index (Phi) is 3.99. The summed E-state index contributed by atoms with van der Waals surface area (Å²) in [5, 5.41) is 2.74. The second kappa shape index (κ2) is 5.70. The lowest BCUT2D eigenvalue weighted by Crippen LogP contribution is -2.05. The van der Waals surface area contributed by atoms with Crippen molar-refractivity contribution in [1.29, 1.82) is 0 Å². The van der Waals surface area contributed by atoms with Crippen LogP contribution in [0.4, 0.5) is 5.69 Å². The van der Waals surface area contributed by atoms with E-state index >= 15 is 0 Å². The van der Waals surface area contributed by atoms with Crippen molar-refractivity contribution in [2.24, 2.45) is 0 Å². The van der Waals surface area contributed by atoms with Crippen molar-refractivity contribution in [2.75, 3.05) is 5.32 Å². The Bertz CT molecular complexity index is 657. The number of ketones is 1. The van der Waals surface area contributed by atoms with Crippen molar-refractivity contribution < 1.29 is 9.59 Å². The Morgan fingerprint density at radius 2 is 1.50 bits per heavy atom. The Morgan fingerprint density at radius 1 is 0.900 bits per heavy atom. The molecule has 1 N–H and O–H groups in total. The van der Waals surface area contributed by atoms with Crippen molar-refractivity contribution >= 4 is 17.4 Å². The number of benzene rings is 2. The number of nitrogens with one attached hydrogen (secondary N) is 1. The minimum atomic E-state index is -0.0839. The van der Waals surface area contributed by atoms with E-state index in [-0.39, 0.29) is 11.7 Å². The number of hydrogen-bond acceptors (Lipinski definition) is 2. The van der Waals surface area contributed by atoms with Gasteiger partial charge in [0.25, 0.3) is 0 Å². The molecule has 102 valence electrons. The fraction of sp³-hybridized carbons (Fsp3) is 0.176. The van der Waals surface area contributed by atoms with Gasteiger partial charge in [0.1, 0.15) is 0 Å². The molecule has 0 bridgehead atoms. The number of carbonyl (C=O) groups excluding carboxylic acids is 2. The molecule has 1 amide bonds. The highest BCUT2D eigenvalue weighted by atomic mass is 16.1. The first-order valence-corrected chi connectivity index (χ1v) is 6.47. The van der Waals surface area contributed by atoms with Crippen LogP contribution >= 0.6 is 0 Å². The summed E-state index contributed by atoms with van der Waals surface area (Å²) in [6, 6.07) is 13.4. The molecular weight excluding hydrogens is 250 g/mol. The summed E-state index contributed by atoms with van der Waals surface area (Å²) in [6.07, 6.45) is 0. The summed E-state index contributed by atoms with van der Waals surface area (Å²) < 4.78 is 0. The standard InChI is InChI=1S/C17H17NO2/c1-11-10-15(6-9-17(11)12(2)19)14-4-7-16(8-5-14)18-13(3)20/h4-10H,1-3H3,(H,18,20). The van der Waals surface area contributed by atoms with Crippen LogP contribution in [0.3, 0.4) is 0 Å². The topological polar surface area (TPSA) is 46.2 Å². The van der Waals surface area contributed by atoms with Gasteiger partial charge in [-0.25, -0.2) is 0 Å². The number of amides is 1. The van der Waals surface area contributed by atoms with Gasteiger partial charge in [-0.05, 0) is 42.7 Å². The van der Waals surface area contributed by atoms with E-state index in [2.05, 4.69) is 5.32 Å². The summed E-state index contributed by atoms with van der Waals surface area (Å²) in [5.74, 6) is -0.00513. The van der Waals surface area contributed by atoms with Gasteiger partial charge >= 0.3 is 0 Å². The second-order valence-corrected chi connectivity index (χ2v) is 4.84. The zero-order valence-corrected chi connectivity index (χ0v) is 11.9. The van der Waals surface area contributed by atoms with Crippen molar-refractivity contribution in [3.8, 4) is 11.1 Å². The number of anilines is 1. The summed E-state index contributed by atoms with van der Waals surface area (Å²) in [5.41, 5.74) is 4.61. The largest absolute Gasteiger partial charge is 0.326 e. The lowest BCUT2D eigenvalue weighted by Gasteiger charge is -2.08. The molecule has 0 aromatic heterocycles. The molecule has 0 atom stereocenters. The van der Waals surface area contributed by atoms with Gasteiger partial charge in [-0.3, -0.25) is 9.59 Å². The number of Topliss-reactive ketones (excluding diaryl/α,β-unsaturated/α-hetero) is 1. The van der Waals surface area contributed by atoms with Crippen LogP contribution in [0.25, 0.3) is 11.1 Å². The molecule has 0 aliphatic heterocycles. The second-order valence-electron chi connectivity index (χ2n) is 4.84. The lowest BCUT2D eigenvalue weighted by molar-refractivity contribution is -0.114. The minimum Gasteiger partial charge on any atom is -0.326 e. The predicted octanol–water partition coefficient (Wildman–Crippen LogP) is 3.82. The van der Waals surface area contributed by atoms with Gasteiger partial charge in [-0.2, -0.15) is 0 Å². The molecule has 0 spiro atoms. The van der Waals surface area contributed by atoms with Crippen LogP contribution in [0.2, 0.25) is 0 Å². The van der Waals surface area contributed by atoms with E-state index in [0.29, 0.717) is 0 Å². The number of aryl methyl sites for hydroxylation is 1. The fourth-order valence-corrected chi connectivity index (χ4v) is 2.19. The van der Waals surface area contributed by atoms with Crippen LogP contribution < -0.4 is 5.32 Å². The third kappa shape index (κ3) is 3.12. The molecule has 20 heavy (non-hydrogen) atoms. The normalized spacial score (nSPS) is 10.2. The smallest absolute Gasteiger partial charge is 0.221 e. The SMILES string of the molecule is CC(=O)Nc1ccc(-c2ccc(C(C)=O)c(C)c2)cc1. The molecular formula is C17H17NO2. The summed E-state index contributed by atoms with van der Waals surface area (Å²) in [4.78, 5) is 22.4. The molecule has 0 heterocycles. The highest BCUT2D eigenvalue weighted by Crippen LogP contribution is 2.24. The average Bonchev–Trinajstić information content (AvgIpc) is 2.38. The Labute approximate surface area is 118 Å². The van der Waals surface area contributed by atoms with Crippen LogP contribution in [-0.4, -0.2) is 11.7 Å². The van der Waals surface area contributed by atoms with Gasteiger partial charge in [0.05, 0.1) is 0 Å². The first-order valence-electron chi connectivity index (χ1n) is 6.47. The Balaban J connectivity index is 2.30. The van der Waals surface area contributed by atoms with E-state index in [1.807, 2.05) is 49.4 Å². The molecule has 2 rings (SSSR count). The number of carbonyl (C=O) groups is 2. The maximum absolute atomic E-state index is 11.4. The van der Waals surface area contributed by atoms with Crippen molar-refractivity contribution in [1.82, 2.24) is 0 Å². The molecule has 0 saturated carbocycles. The van der Waals surface area contributed by atoms with E-state index < -0.39 is 0 Å². The highest BCUT2D eigenvalue weighted by molar-refractivity contribution is 5.96. The number of rotatable bonds is 3. The monoisotopic (exact) mass is 267 g/mol. The minimum absolute atomic E-state index is 0.0788. The maximum atomic E-state index is 11.4. The third-order valence-electron chi connectivity index (χ3n) is 3.14. The van der Waals surface area contributed by atoms with Gasteiger partial charge in [-0.1, -0.05) is 30.3 Å². The molecule has 0 saturated heterocycles. The molecule has 0 radical (unpaired) electrons. The van der Waals surface area contributed by atoms with Gasteiger partial charge in [-0.15, -0.1) is 0 Å². The zero-order chi connectivity index (χ0) is 14.7. The van der Waals surface area contributed by atoms with E-state index in [4.69, 9.17) is 0 Å². The van der Waals surface area contributed by atoms with Crippen molar-refractivity contribution in [3.05, 3.63) is 53.6 Å². The molecule has 0 fully saturated rings. The Hall–Kier alpha value is -2.42. The molecule has 0 aliphatic carbocycles. The average molecular weight is 267 g/mol. The van der Waals surface area contributed by atoms with Gasteiger partial charge in [0.2, 0.25) is 5.91 Å². The third-order valence-corrected chi connectivity index (χ3v) is 3.14. The van der Waals surface area contributed by atoms with Crippen molar-refractivity contribution in [3.63, 3.8) is 0 Å². The summed E-state index contributed by atoms with van der Waals surface area (Å²) >= 11 is 0. The van der Waals surface area contributed by atoms with Gasteiger partial charge < -0.3 is 5.32 Å². The lowest BCUT2D eigenvalue weighted by atomic mass is 9.98. The summed E-state index contributed by atoms with van der Waals surface area (Å²) in [7, 11) is 0. The molecule has 3 heteroatoms. The highest BCUT2D eigenvalue weighted by Gasteiger charge is 2.06. The summed E-state index contributed by atoms with van der Waals surface area (Å²) in [6.45, 7) is 4.99. The van der Waals surface area contributed by atoms with Crippen LogP contribution in [-0.2, 0) is 4.79 Å². The molecule has 2 aromatic carbocycles. The number of hydrogen-bond donors (Lipinski definition) is 1. The van der Waals surface area contributed by atoms with Crippen LogP contribution in [0.1, 0.15) is 29.8 Å². The molecule has 2 aromatic rings. The fourth-order valence-electron chi connectivity index (χ4n) is 2.19. The molecule has 0 aliphatic rings. The molecule has 3 nitrogen and oxygen atoms in total. The van der Waals surface area contributed by atoms with Crippen LogP contribution in [0.15, 0.2) is 42.5 Å². The predicted molar refractivity (Wildman–Crippen MR) is 80.9 cm³/mol. The maximum Gasteiger partial charge on any atom is 0.221 e. The van der Waals surface area contributed by atoms with Crippen LogP contribution in [0.5, 0.6) is 0 Å². The van der Waals surface area contributed by atoms with Crippen molar-refractivity contribution in [2.45, 2.75) is 20.8 Å². The first-order chi connectivity index (χ1) is 9.47.